The Hall–Kier alpha value is -6.59. The zero-order valence-electron chi connectivity index (χ0n) is 27.1. The van der Waals surface area contributed by atoms with Gasteiger partial charge < -0.3 is 13.9 Å². The van der Waals surface area contributed by atoms with E-state index in [0.717, 1.165) is 50.2 Å². The standard InChI is InChI=1S/C45H28N4O/c1-47-36-17-9-7-15-34(36)46-43-33-24-27(26-19-20-30-29-13-5-8-16-35(29)48(38(30)25-26)28-11-3-2-4-12-28)23-32-41-37(49(44(32)33)45(43)47)21-22-40-42(41)31-14-6-10-18-39(31)50-40/h2-25,36H,1H3. The topological polar surface area (TPSA) is 38.1 Å². The molecule has 0 fully saturated rings. The molecule has 0 saturated heterocycles. The number of benzene rings is 6. The van der Waals surface area contributed by atoms with Crippen LogP contribution in [0.2, 0.25) is 0 Å². The molecule has 6 aromatic carbocycles. The number of aliphatic imine (C=N–C) groups is 1. The highest BCUT2D eigenvalue weighted by molar-refractivity contribution is 6.32. The van der Waals surface area contributed by atoms with Crippen molar-refractivity contribution in [2.45, 2.75) is 6.04 Å². The molecule has 0 radical (unpaired) electrons. The van der Waals surface area contributed by atoms with Crippen molar-refractivity contribution in [3.05, 3.63) is 146 Å². The summed E-state index contributed by atoms with van der Waals surface area (Å²) in [5, 5.41) is 8.40. The van der Waals surface area contributed by atoms with Crippen LogP contribution in [0.5, 0.6) is 0 Å². The first kappa shape index (κ1) is 26.4. The summed E-state index contributed by atoms with van der Waals surface area (Å²) in [4.78, 5) is 7.76. The van der Waals surface area contributed by atoms with Crippen molar-refractivity contribution in [1.82, 2.24) is 8.97 Å². The van der Waals surface area contributed by atoms with E-state index in [1.165, 1.54) is 54.7 Å². The van der Waals surface area contributed by atoms with Gasteiger partial charge in [-0.05, 0) is 71.8 Å². The third kappa shape index (κ3) is 3.24. The van der Waals surface area contributed by atoms with E-state index in [1.54, 1.807) is 0 Å². The maximum Gasteiger partial charge on any atom is 0.141 e. The van der Waals surface area contributed by atoms with Crippen LogP contribution in [0.15, 0.2) is 155 Å². The summed E-state index contributed by atoms with van der Waals surface area (Å²) in [5.74, 6) is 1.12. The zero-order valence-corrected chi connectivity index (χ0v) is 27.1. The smallest absolute Gasteiger partial charge is 0.141 e. The van der Waals surface area contributed by atoms with Crippen molar-refractivity contribution in [3.8, 4) is 16.8 Å². The van der Waals surface area contributed by atoms with Crippen molar-refractivity contribution in [3.63, 3.8) is 0 Å². The molecule has 5 heterocycles. The lowest BCUT2D eigenvalue weighted by molar-refractivity contribution is 0.669. The highest BCUT2D eigenvalue weighted by Gasteiger charge is 2.33. The maximum atomic E-state index is 6.44. The summed E-state index contributed by atoms with van der Waals surface area (Å²) in [7, 11) is 2.20. The number of para-hydroxylation sites is 3. The largest absolute Gasteiger partial charge is 0.456 e. The minimum atomic E-state index is 0.0841. The fourth-order valence-corrected chi connectivity index (χ4v) is 8.90. The Labute approximate surface area is 286 Å². The molecule has 5 nitrogen and oxygen atoms in total. The summed E-state index contributed by atoms with van der Waals surface area (Å²) in [5.41, 5.74) is 12.2. The Balaban J connectivity index is 1.23. The monoisotopic (exact) mass is 640 g/mol. The van der Waals surface area contributed by atoms with E-state index in [9.17, 15) is 0 Å². The fraction of sp³-hybridized carbons (Fsp3) is 0.0444. The average Bonchev–Trinajstić information content (AvgIpc) is 3.90. The van der Waals surface area contributed by atoms with Gasteiger partial charge in [-0.15, -0.1) is 0 Å². The minimum absolute atomic E-state index is 0.0841. The van der Waals surface area contributed by atoms with Gasteiger partial charge in [0.2, 0.25) is 0 Å². The Kier molecular flexibility index (Phi) is 4.91. The van der Waals surface area contributed by atoms with Gasteiger partial charge in [0.1, 0.15) is 22.7 Å². The highest BCUT2D eigenvalue weighted by atomic mass is 16.3. The van der Waals surface area contributed by atoms with Crippen LogP contribution in [0.3, 0.4) is 0 Å². The van der Waals surface area contributed by atoms with Crippen molar-refractivity contribution >= 4 is 88.2 Å². The first-order valence-electron chi connectivity index (χ1n) is 17.2. The minimum Gasteiger partial charge on any atom is -0.456 e. The number of allylic oxidation sites excluding steroid dienone is 2. The Morgan fingerprint density at radius 2 is 1.40 bits per heavy atom. The molecule has 1 atom stereocenters. The van der Waals surface area contributed by atoms with Gasteiger partial charge in [0, 0.05) is 50.4 Å². The van der Waals surface area contributed by atoms with Gasteiger partial charge in [-0.1, -0.05) is 85.0 Å². The number of likely N-dealkylation sites (N-methyl/N-ethyl adjacent to an activating group) is 1. The van der Waals surface area contributed by atoms with Gasteiger partial charge in [0.25, 0.3) is 0 Å². The molecule has 0 N–H and O–H groups in total. The van der Waals surface area contributed by atoms with Crippen LogP contribution < -0.4 is 4.90 Å². The molecular formula is C45H28N4O. The zero-order chi connectivity index (χ0) is 32.7. The molecule has 50 heavy (non-hydrogen) atoms. The van der Waals surface area contributed by atoms with Crippen LogP contribution in [0.1, 0.15) is 0 Å². The molecule has 2 aliphatic rings. The first-order chi connectivity index (χ1) is 24.7. The van der Waals surface area contributed by atoms with Gasteiger partial charge in [0.05, 0.1) is 33.8 Å². The Morgan fingerprint density at radius 1 is 0.600 bits per heavy atom. The lowest BCUT2D eigenvalue weighted by Crippen LogP contribution is -2.39. The molecule has 234 valence electrons. The number of fused-ring (bicyclic) bond motifs is 14. The van der Waals surface area contributed by atoms with E-state index in [4.69, 9.17) is 9.41 Å². The number of hydrogen-bond acceptors (Lipinski definition) is 3. The van der Waals surface area contributed by atoms with E-state index in [2.05, 4.69) is 160 Å². The highest BCUT2D eigenvalue weighted by Crippen LogP contribution is 2.51. The Morgan fingerprint density at radius 3 is 2.32 bits per heavy atom. The summed E-state index contributed by atoms with van der Waals surface area (Å²) in [6.07, 6.45) is 8.60. The molecule has 5 heteroatoms. The number of hydrogen-bond donors (Lipinski definition) is 0. The lowest BCUT2D eigenvalue weighted by Gasteiger charge is -2.32. The number of rotatable bonds is 2. The summed E-state index contributed by atoms with van der Waals surface area (Å²) in [6.45, 7) is 0. The molecular weight excluding hydrogens is 613 g/mol. The van der Waals surface area contributed by atoms with E-state index in [1.807, 2.05) is 6.07 Å². The van der Waals surface area contributed by atoms with Crippen LogP contribution in [0.25, 0.3) is 87.8 Å². The molecule has 0 bridgehead atoms. The molecule has 1 unspecified atom stereocenters. The molecule has 1 aliphatic carbocycles. The second kappa shape index (κ2) is 9.30. The number of furan rings is 1. The van der Waals surface area contributed by atoms with E-state index < -0.39 is 0 Å². The van der Waals surface area contributed by atoms with Gasteiger partial charge in [0.15, 0.2) is 0 Å². The second-order valence-electron chi connectivity index (χ2n) is 13.6. The third-order valence-electron chi connectivity index (χ3n) is 11.0. The lowest BCUT2D eigenvalue weighted by atomic mass is 9.97. The summed E-state index contributed by atoms with van der Waals surface area (Å²) < 4.78 is 11.3. The predicted octanol–water partition coefficient (Wildman–Crippen LogP) is 11.4. The predicted molar refractivity (Wildman–Crippen MR) is 208 cm³/mol. The van der Waals surface area contributed by atoms with Crippen LogP contribution >= 0.6 is 0 Å². The van der Waals surface area contributed by atoms with Crippen molar-refractivity contribution in [2.24, 2.45) is 4.99 Å². The number of nitrogens with zero attached hydrogens (tertiary/aromatic N) is 4. The molecule has 1 aliphatic heterocycles. The molecule has 0 spiro atoms. The maximum absolute atomic E-state index is 6.44. The van der Waals surface area contributed by atoms with Crippen molar-refractivity contribution in [1.29, 1.82) is 0 Å². The van der Waals surface area contributed by atoms with Crippen molar-refractivity contribution in [2.75, 3.05) is 11.9 Å². The third-order valence-corrected chi connectivity index (χ3v) is 11.0. The van der Waals surface area contributed by atoms with Gasteiger partial charge in [-0.3, -0.25) is 4.40 Å². The molecule has 10 aromatic rings. The quantitative estimate of drug-likeness (QED) is 0.189. The van der Waals surface area contributed by atoms with Crippen molar-refractivity contribution < 1.29 is 4.42 Å². The van der Waals surface area contributed by atoms with Crippen LogP contribution in [0, 0.1) is 0 Å². The van der Waals surface area contributed by atoms with Crippen LogP contribution in [-0.4, -0.2) is 27.8 Å². The SMILES string of the molecule is CN1c2c(c3cc(-c4ccc5c6ccccc6n(-c6ccccc6)c5c4)cc4c5c6c(ccc5n2c34)oc2ccccc26)N=C2C=CC=CC21. The van der Waals surface area contributed by atoms with Gasteiger partial charge in [-0.2, -0.15) is 0 Å². The van der Waals surface area contributed by atoms with Crippen LogP contribution in [-0.2, 0) is 0 Å². The first-order valence-corrected chi connectivity index (χ1v) is 17.2. The normalized spacial score (nSPS) is 15.8. The van der Waals surface area contributed by atoms with E-state index in [-0.39, 0.29) is 6.04 Å². The van der Waals surface area contributed by atoms with Crippen LogP contribution in [0.4, 0.5) is 11.5 Å². The van der Waals surface area contributed by atoms with Gasteiger partial charge in [-0.25, -0.2) is 4.99 Å². The summed E-state index contributed by atoms with van der Waals surface area (Å²) >= 11 is 0. The fourth-order valence-electron chi connectivity index (χ4n) is 8.90. The van der Waals surface area contributed by atoms with Gasteiger partial charge >= 0.3 is 0 Å². The average molecular weight is 641 g/mol. The van der Waals surface area contributed by atoms with E-state index >= 15 is 0 Å². The number of anilines is 1. The number of aromatic nitrogens is 2. The molecule has 12 rings (SSSR count). The second-order valence-corrected chi connectivity index (χ2v) is 13.6. The molecule has 0 saturated carbocycles. The van der Waals surface area contributed by atoms with E-state index in [0.29, 0.717) is 0 Å². The molecule has 4 aromatic heterocycles. The summed E-state index contributed by atoms with van der Waals surface area (Å²) in [6, 6.07) is 44.0. The Bertz CT molecular complexity index is 3170. The molecule has 0 amide bonds.